The molecule has 1 aromatic heterocycles. The van der Waals surface area contributed by atoms with E-state index in [1.54, 1.807) is 42.7 Å². The predicted octanol–water partition coefficient (Wildman–Crippen LogP) is 4.76. The van der Waals surface area contributed by atoms with Crippen LogP contribution in [0.25, 0.3) is 11.3 Å². The Labute approximate surface area is 174 Å². The molecular formula is C24H23F2N3O. The van der Waals surface area contributed by atoms with Crippen molar-refractivity contribution in [2.24, 2.45) is 0 Å². The number of nitrogens with zero attached hydrogens (tertiary/aromatic N) is 3. The Bertz CT molecular complexity index is 1020. The van der Waals surface area contributed by atoms with Gasteiger partial charge in [-0.25, -0.2) is 8.78 Å². The Morgan fingerprint density at radius 2 is 1.80 bits per heavy atom. The van der Waals surface area contributed by atoms with E-state index in [1.807, 2.05) is 4.90 Å². The van der Waals surface area contributed by atoms with Gasteiger partial charge in [0, 0.05) is 43.4 Å². The molecule has 4 nitrogen and oxygen atoms in total. The molecule has 2 aromatic carbocycles. The summed E-state index contributed by atoms with van der Waals surface area (Å²) in [5.74, 6) is -0.530. The van der Waals surface area contributed by atoms with E-state index in [-0.39, 0.29) is 23.5 Å². The summed E-state index contributed by atoms with van der Waals surface area (Å²) in [4.78, 5) is 23.6. The second-order valence-electron chi connectivity index (χ2n) is 7.58. The highest BCUT2D eigenvalue weighted by atomic mass is 19.1. The van der Waals surface area contributed by atoms with E-state index >= 15 is 0 Å². The smallest absolute Gasteiger partial charge is 0.222 e. The summed E-state index contributed by atoms with van der Waals surface area (Å²) in [6.07, 6.45) is 5.88. The Balaban J connectivity index is 1.47. The molecule has 0 bridgehead atoms. The van der Waals surface area contributed by atoms with Crippen molar-refractivity contribution in [3.8, 4) is 11.3 Å². The molecule has 1 saturated heterocycles. The maximum atomic E-state index is 14.4. The highest BCUT2D eigenvalue weighted by molar-refractivity contribution is 5.76. The summed E-state index contributed by atoms with van der Waals surface area (Å²) in [7, 11) is 0. The molecule has 1 aliphatic heterocycles. The highest BCUT2D eigenvalue weighted by Gasteiger charge is 2.28. The zero-order valence-electron chi connectivity index (χ0n) is 16.6. The van der Waals surface area contributed by atoms with Crippen molar-refractivity contribution in [2.75, 3.05) is 13.1 Å². The van der Waals surface area contributed by atoms with E-state index < -0.39 is 0 Å². The summed E-state index contributed by atoms with van der Waals surface area (Å²) in [5, 5.41) is 0. The van der Waals surface area contributed by atoms with E-state index in [4.69, 9.17) is 0 Å². The lowest BCUT2D eigenvalue weighted by Crippen LogP contribution is -2.39. The molecule has 1 amide bonds. The number of halogens is 2. The van der Waals surface area contributed by atoms with Crippen molar-refractivity contribution in [3.63, 3.8) is 0 Å². The minimum Gasteiger partial charge on any atom is -0.342 e. The SMILES string of the molecule is O=C(CCc1ccc(F)cc1)N1CCC[C@H](c2nccnc2-c2ccccc2F)C1. The first-order valence-corrected chi connectivity index (χ1v) is 10.2. The number of hydrogen-bond acceptors (Lipinski definition) is 3. The minimum atomic E-state index is -0.331. The molecule has 0 saturated carbocycles. The molecule has 3 aromatic rings. The fourth-order valence-corrected chi connectivity index (χ4v) is 4.00. The number of aryl methyl sites for hydroxylation is 1. The van der Waals surface area contributed by atoms with Crippen LogP contribution in [0.3, 0.4) is 0 Å². The molecule has 0 aliphatic carbocycles. The van der Waals surface area contributed by atoms with Crippen LogP contribution in [0.5, 0.6) is 0 Å². The Morgan fingerprint density at radius 3 is 2.60 bits per heavy atom. The van der Waals surface area contributed by atoms with Gasteiger partial charge in [0.2, 0.25) is 5.91 Å². The minimum absolute atomic E-state index is 0.0110. The van der Waals surface area contributed by atoms with Crippen LogP contribution in [0.2, 0.25) is 0 Å². The molecule has 154 valence electrons. The summed E-state index contributed by atoms with van der Waals surface area (Å²) < 4.78 is 27.4. The van der Waals surface area contributed by atoms with E-state index in [0.29, 0.717) is 37.2 Å². The van der Waals surface area contributed by atoms with E-state index in [0.717, 1.165) is 24.1 Å². The topological polar surface area (TPSA) is 46.1 Å². The van der Waals surface area contributed by atoms with Crippen molar-refractivity contribution in [3.05, 3.63) is 83.8 Å². The van der Waals surface area contributed by atoms with E-state index in [9.17, 15) is 13.6 Å². The third-order valence-corrected chi connectivity index (χ3v) is 5.56. The molecular weight excluding hydrogens is 384 g/mol. The van der Waals surface area contributed by atoms with Crippen molar-refractivity contribution in [1.29, 1.82) is 0 Å². The second kappa shape index (κ2) is 9.11. The van der Waals surface area contributed by atoms with Crippen molar-refractivity contribution in [2.45, 2.75) is 31.6 Å². The van der Waals surface area contributed by atoms with Crippen LogP contribution in [0.15, 0.2) is 60.9 Å². The first kappa shape index (κ1) is 20.1. The lowest BCUT2D eigenvalue weighted by molar-refractivity contribution is -0.132. The van der Waals surface area contributed by atoms with Gasteiger partial charge in [0.05, 0.1) is 11.4 Å². The quantitative estimate of drug-likeness (QED) is 0.613. The molecule has 0 N–H and O–H groups in total. The highest BCUT2D eigenvalue weighted by Crippen LogP contribution is 2.33. The number of hydrogen-bond donors (Lipinski definition) is 0. The maximum Gasteiger partial charge on any atom is 0.222 e. The van der Waals surface area contributed by atoms with E-state index in [2.05, 4.69) is 9.97 Å². The van der Waals surface area contributed by atoms with Gasteiger partial charge >= 0.3 is 0 Å². The zero-order chi connectivity index (χ0) is 20.9. The second-order valence-corrected chi connectivity index (χ2v) is 7.58. The first-order valence-electron chi connectivity index (χ1n) is 10.2. The molecule has 2 heterocycles. The largest absolute Gasteiger partial charge is 0.342 e. The average molecular weight is 407 g/mol. The number of rotatable bonds is 5. The van der Waals surface area contributed by atoms with Crippen molar-refractivity contribution >= 4 is 5.91 Å². The molecule has 0 radical (unpaired) electrons. The van der Waals surface area contributed by atoms with Gasteiger partial charge in [-0.05, 0) is 49.1 Å². The molecule has 4 rings (SSSR count). The molecule has 1 atom stereocenters. The van der Waals surface area contributed by atoms with Gasteiger partial charge in [-0.3, -0.25) is 14.8 Å². The number of amides is 1. The van der Waals surface area contributed by atoms with Gasteiger partial charge in [-0.2, -0.15) is 0 Å². The van der Waals surface area contributed by atoms with Gasteiger partial charge in [0.1, 0.15) is 11.6 Å². The van der Waals surface area contributed by atoms with Crippen LogP contribution >= 0.6 is 0 Å². The van der Waals surface area contributed by atoms with Gasteiger partial charge in [0.15, 0.2) is 0 Å². The van der Waals surface area contributed by atoms with E-state index in [1.165, 1.54) is 18.2 Å². The zero-order valence-corrected chi connectivity index (χ0v) is 16.6. The normalized spacial score (nSPS) is 16.5. The molecule has 1 fully saturated rings. The Morgan fingerprint density at radius 1 is 1.03 bits per heavy atom. The van der Waals surface area contributed by atoms with Gasteiger partial charge < -0.3 is 4.90 Å². The monoisotopic (exact) mass is 407 g/mol. The third kappa shape index (κ3) is 4.53. The number of aromatic nitrogens is 2. The first-order chi connectivity index (χ1) is 14.6. The van der Waals surface area contributed by atoms with Crippen LogP contribution < -0.4 is 0 Å². The van der Waals surface area contributed by atoms with Crippen LogP contribution in [0, 0.1) is 11.6 Å². The summed E-state index contributed by atoms with van der Waals surface area (Å²) in [6.45, 7) is 1.25. The van der Waals surface area contributed by atoms with Crippen LogP contribution in [0.4, 0.5) is 8.78 Å². The maximum absolute atomic E-state index is 14.4. The van der Waals surface area contributed by atoms with Gasteiger partial charge in [0.25, 0.3) is 0 Å². The summed E-state index contributed by atoms with van der Waals surface area (Å²) in [6, 6.07) is 12.8. The number of benzene rings is 2. The number of carbonyl (C=O) groups excluding carboxylic acids is 1. The predicted molar refractivity (Wildman–Crippen MR) is 111 cm³/mol. The third-order valence-electron chi connectivity index (χ3n) is 5.56. The van der Waals surface area contributed by atoms with Crippen LogP contribution in [0.1, 0.15) is 36.4 Å². The molecule has 6 heteroatoms. The molecule has 30 heavy (non-hydrogen) atoms. The van der Waals surface area contributed by atoms with Crippen LogP contribution in [-0.4, -0.2) is 33.9 Å². The Hall–Kier alpha value is -3.15. The number of piperidine rings is 1. The lowest BCUT2D eigenvalue weighted by Gasteiger charge is -2.33. The molecule has 0 spiro atoms. The van der Waals surface area contributed by atoms with Gasteiger partial charge in [-0.1, -0.05) is 24.3 Å². The lowest BCUT2D eigenvalue weighted by atomic mass is 9.91. The van der Waals surface area contributed by atoms with Crippen molar-refractivity contribution < 1.29 is 13.6 Å². The fourth-order valence-electron chi connectivity index (χ4n) is 4.00. The Kier molecular flexibility index (Phi) is 6.12. The summed E-state index contributed by atoms with van der Waals surface area (Å²) in [5.41, 5.74) is 2.65. The number of carbonyl (C=O) groups is 1. The van der Waals surface area contributed by atoms with Crippen molar-refractivity contribution in [1.82, 2.24) is 14.9 Å². The standard InChI is InChI=1S/C24H23F2N3O/c25-19-10-7-17(8-11-19)9-12-22(30)29-15-3-4-18(16-29)23-24(28-14-13-27-23)20-5-1-2-6-21(20)26/h1-2,5-8,10-11,13-14,18H,3-4,9,12,15-16H2/t18-/m0/s1. The fraction of sp³-hybridized carbons (Fsp3) is 0.292. The average Bonchev–Trinajstić information content (AvgIpc) is 2.79. The summed E-state index contributed by atoms with van der Waals surface area (Å²) >= 11 is 0. The molecule has 1 aliphatic rings. The van der Waals surface area contributed by atoms with Crippen LogP contribution in [-0.2, 0) is 11.2 Å². The number of likely N-dealkylation sites (tertiary alicyclic amines) is 1. The molecule has 0 unspecified atom stereocenters. The van der Waals surface area contributed by atoms with Gasteiger partial charge in [-0.15, -0.1) is 0 Å².